The molecule has 4 nitrogen and oxygen atoms in total. The molecule has 23 heavy (non-hydrogen) atoms. The molecule has 0 aliphatic rings. The van der Waals surface area contributed by atoms with Crippen molar-refractivity contribution in [1.29, 1.82) is 0 Å². The molecule has 0 radical (unpaired) electrons. The Balaban J connectivity index is 1.82. The number of benzene rings is 2. The van der Waals surface area contributed by atoms with Gasteiger partial charge in [-0.15, -0.1) is 0 Å². The van der Waals surface area contributed by atoms with Gasteiger partial charge in [0.05, 0.1) is 0 Å². The molecule has 0 fully saturated rings. The Morgan fingerprint density at radius 2 is 1.87 bits per heavy atom. The van der Waals surface area contributed by atoms with Crippen molar-refractivity contribution < 1.29 is 9.53 Å². The van der Waals surface area contributed by atoms with Crippen LogP contribution in [0.2, 0.25) is 5.02 Å². The van der Waals surface area contributed by atoms with Gasteiger partial charge in [-0.25, -0.2) is 0 Å². The maximum absolute atomic E-state index is 11.8. The number of halogens is 1. The topological polar surface area (TPSA) is 50.4 Å². The van der Waals surface area contributed by atoms with Crippen molar-refractivity contribution in [3.05, 3.63) is 58.6 Å². The van der Waals surface area contributed by atoms with Crippen molar-refractivity contribution in [2.45, 2.75) is 13.8 Å². The van der Waals surface area contributed by atoms with Gasteiger partial charge in [0.1, 0.15) is 5.75 Å². The third-order valence-corrected chi connectivity index (χ3v) is 3.52. The molecule has 0 aliphatic heterocycles. The molecular weight excluding hydrogens is 332 g/mol. The lowest BCUT2D eigenvalue weighted by Gasteiger charge is -2.12. The van der Waals surface area contributed by atoms with E-state index in [2.05, 4.69) is 10.6 Å². The zero-order valence-electron chi connectivity index (χ0n) is 12.9. The second-order valence-electron chi connectivity index (χ2n) is 5.06. The summed E-state index contributed by atoms with van der Waals surface area (Å²) in [7, 11) is 0. The Labute approximate surface area is 145 Å². The van der Waals surface area contributed by atoms with E-state index in [1.165, 1.54) is 5.56 Å². The molecule has 0 aromatic heterocycles. The first-order valence-corrected chi connectivity index (χ1v) is 7.79. The fourth-order valence-electron chi connectivity index (χ4n) is 1.95. The highest BCUT2D eigenvalue weighted by atomic mass is 35.5. The van der Waals surface area contributed by atoms with Crippen LogP contribution in [-0.4, -0.2) is 17.6 Å². The molecule has 0 heterocycles. The normalized spacial score (nSPS) is 10.0. The third kappa shape index (κ3) is 5.54. The van der Waals surface area contributed by atoms with Crippen molar-refractivity contribution in [2.75, 3.05) is 11.9 Å². The number of ether oxygens (including phenoxy) is 1. The van der Waals surface area contributed by atoms with Gasteiger partial charge in [-0.05, 0) is 62.0 Å². The molecule has 120 valence electrons. The Bertz CT molecular complexity index is 717. The molecular formula is C17H17ClN2O2S. The van der Waals surface area contributed by atoms with E-state index in [0.29, 0.717) is 10.8 Å². The summed E-state index contributed by atoms with van der Waals surface area (Å²) in [5, 5.41) is 6.43. The minimum absolute atomic E-state index is 0.129. The molecule has 0 unspecified atom stereocenters. The maximum atomic E-state index is 11.8. The number of rotatable bonds is 4. The highest BCUT2D eigenvalue weighted by Crippen LogP contribution is 2.16. The van der Waals surface area contributed by atoms with Crippen LogP contribution >= 0.6 is 23.8 Å². The zero-order valence-corrected chi connectivity index (χ0v) is 14.4. The van der Waals surface area contributed by atoms with Crippen LogP contribution in [-0.2, 0) is 4.79 Å². The van der Waals surface area contributed by atoms with Crippen LogP contribution in [0.1, 0.15) is 11.1 Å². The second-order valence-corrected chi connectivity index (χ2v) is 5.91. The molecule has 0 saturated carbocycles. The first-order chi connectivity index (χ1) is 10.9. The van der Waals surface area contributed by atoms with Gasteiger partial charge in [0.25, 0.3) is 5.91 Å². The van der Waals surface area contributed by atoms with Crippen LogP contribution in [0.15, 0.2) is 42.5 Å². The fraction of sp³-hybridized carbons (Fsp3) is 0.176. The maximum Gasteiger partial charge on any atom is 0.264 e. The Morgan fingerprint density at radius 1 is 1.17 bits per heavy atom. The minimum Gasteiger partial charge on any atom is -0.484 e. The van der Waals surface area contributed by atoms with E-state index in [4.69, 9.17) is 28.6 Å². The van der Waals surface area contributed by atoms with Gasteiger partial charge < -0.3 is 10.1 Å². The van der Waals surface area contributed by atoms with E-state index in [1.54, 1.807) is 24.3 Å². The minimum atomic E-state index is -0.331. The fourth-order valence-corrected chi connectivity index (χ4v) is 2.30. The number of hydrogen-bond acceptors (Lipinski definition) is 3. The number of nitrogens with one attached hydrogen (secondary N) is 2. The highest BCUT2D eigenvalue weighted by molar-refractivity contribution is 7.80. The summed E-state index contributed by atoms with van der Waals surface area (Å²) in [6.45, 7) is 3.87. The number of aryl methyl sites for hydroxylation is 2. The van der Waals surface area contributed by atoms with E-state index >= 15 is 0 Å². The van der Waals surface area contributed by atoms with Gasteiger partial charge >= 0.3 is 0 Å². The van der Waals surface area contributed by atoms with E-state index in [1.807, 2.05) is 32.0 Å². The summed E-state index contributed by atoms with van der Waals surface area (Å²) in [6, 6.07) is 12.7. The summed E-state index contributed by atoms with van der Waals surface area (Å²) in [6.07, 6.45) is 0. The molecule has 2 rings (SSSR count). The van der Waals surface area contributed by atoms with Crippen LogP contribution in [0.4, 0.5) is 5.69 Å². The predicted octanol–water partition coefficient (Wildman–Crippen LogP) is 3.85. The Kier molecular flexibility index (Phi) is 5.96. The van der Waals surface area contributed by atoms with E-state index in [-0.39, 0.29) is 17.6 Å². The standard InChI is InChI=1S/C17H17ClN2O2S/c1-11-3-8-15(12(2)9-11)19-17(23)20-16(21)10-22-14-6-4-13(18)5-7-14/h3-9H,10H2,1-2H3,(H2,19,20,21,23). The van der Waals surface area contributed by atoms with Gasteiger partial charge in [-0.3, -0.25) is 10.1 Å². The average Bonchev–Trinajstić information content (AvgIpc) is 2.49. The molecule has 2 aromatic rings. The lowest BCUT2D eigenvalue weighted by atomic mass is 10.1. The monoisotopic (exact) mass is 348 g/mol. The number of thiocarbonyl (C=S) groups is 1. The molecule has 6 heteroatoms. The summed E-state index contributed by atoms with van der Waals surface area (Å²) >= 11 is 10.9. The molecule has 1 amide bonds. The highest BCUT2D eigenvalue weighted by Gasteiger charge is 2.07. The molecule has 0 spiro atoms. The van der Waals surface area contributed by atoms with Crippen molar-refractivity contribution in [1.82, 2.24) is 5.32 Å². The lowest BCUT2D eigenvalue weighted by Crippen LogP contribution is -2.37. The van der Waals surface area contributed by atoms with E-state index in [9.17, 15) is 4.79 Å². The molecule has 0 bridgehead atoms. The largest absolute Gasteiger partial charge is 0.484 e. The quantitative estimate of drug-likeness (QED) is 0.824. The van der Waals surface area contributed by atoms with Crippen LogP contribution in [0.25, 0.3) is 0 Å². The number of anilines is 1. The summed E-state index contributed by atoms with van der Waals surface area (Å²) in [4.78, 5) is 11.8. The summed E-state index contributed by atoms with van der Waals surface area (Å²) < 4.78 is 5.36. The van der Waals surface area contributed by atoms with Gasteiger partial charge in [0.2, 0.25) is 0 Å². The average molecular weight is 349 g/mol. The lowest BCUT2D eigenvalue weighted by molar-refractivity contribution is -0.121. The second kappa shape index (κ2) is 7.94. The number of hydrogen-bond donors (Lipinski definition) is 2. The first kappa shape index (κ1) is 17.2. The molecule has 2 aromatic carbocycles. The van der Waals surface area contributed by atoms with Crippen LogP contribution in [0.5, 0.6) is 5.75 Å². The number of carbonyl (C=O) groups is 1. The van der Waals surface area contributed by atoms with Gasteiger partial charge in [0.15, 0.2) is 11.7 Å². The van der Waals surface area contributed by atoms with Gasteiger partial charge in [-0.1, -0.05) is 29.3 Å². The molecule has 2 N–H and O–H groups in total. The number of amides is 1. The van der Waals surface area contributed by atoms with Crippen molar-refractivity contribution >= 4 is 40.5 Å². The van der Waals surface area contributed by atoms with Crippen LogP contribution in [0, 0.1) is 13.8 Å². The number of carbonyl (C=O) groups excluding carboxylic acids is 1. The van der Waals surface area contributed by atoms with Crippen molar-refractivity contribution in [2.24, 2.45) is 0 Å². The van der Waals surface area contributed by atoms with Crippen LogP contribution in [0.3, 0.4) is 0 Å². The van der Waals surface area contributed by atoms with Crippen LogP contribution < -0.4 is 15.4 Å². The third-order valence-electron chi connectivity index (χ3n) is 3.07. The zero-order chi connectivity index (χ0) is 16.8. The van der Waals surface area contributed by atoms with Gasteiger partial charge in [-0.2, -0.15) is 0 Å². The predicted molar refractivity (Wildman–Crippen MR) is 97.2 cm³/mol. The first-order valence-electron chi connectivity index (χ1n) is 7.00. The van der Waals surface area contributed by atoms with Crippen molar-refractivity contribution in [3.63, 3.8) is 0 Å². The van der Waals surface area contributed by atoms with E-state index in [0.717, 1.165) is 11.3 Å². The Morgan fingerprint density at radius 3 is 2.52 bits per heavy atom. The van der Waals surface area contributed by atoms with Crippen molar-refractivity contribution in [3.8, 4) is 5.75 Å². The SMILES string of the molecule is Cc1ccc(NC(=S)NC(=O)COc2ccc(Cl)cc2)c(C)c1. The Hall–Kier alpha value is -2.11. The summed E-state index contributed by atoms with van der Waals surface area (Å²) in [5.74, 6) is 0.236. The summed E-state index contributed by atoms with van der Waals surface area (Å²) in [5.41, 5.74) is 3.08. The van der Waals surface area contributed by atoms with Gasteiger partial charge in [0, 0.05) is 10.7 Å². The molecule has 0 saturated heterocycles. The molecule has 0 atom stereocenters. The van der Waals surface area contributed by atoms with E-state index < -0.39 is 0 Å². The molecule has 0 aliphatic carbocycles. The smallest absolute Gasteiger partial charge is 0.264 e.